The largest absolute Gasteiger partial charge is 0.372 e. The van der Waals surface area contributed by atoms with E-state index in [9.17, 15) is 0 Å². The summed E-state index contributed by atoms with van der Waals surface area (Å²) in [7, 11) is 0. The first-order valence-electron chi connectivity index (χ1n) is 6.27. The lowest BCUT2D eigenvalue weighted by Crippen LogP contribution is -2.35. The van der Waals surface area contributed by atoms with Crippen LogP contribution in [0.5, 0.6) is 0 Å². The van der Waals surface area contributed by atoms with E-state index >= 15 is 0 Å². The van der Waals surface area contributed by atoms with Gasteiger partial charge in [-0.3, -0.25) is 4.98 Å². The monoisotopic (exact) mass is 243 g/mol. The maximum Gasteiger partial charge on any atom is 0.171 e. The van der Waals surface area contributed by atoms with E-state index in [1.54, 1.807) is 0 Å². The summed E-state index contributed by atoms with van der Waals surface area (Å²) in [5.74, 6) is 0. The summed E-state index contributed by atoms with van der Waals surface area (Å²) in [6.07, 6.45) is 8.08. The third-order valence-electron chi connectivity index (χ3n) is 2.71. The lowest BCUT2D eigenvalue weighted by atomic mass is 10.1. The Hall–Kier alpha value is -1.74. The van der Waals surface area contributed by atoms with Crippen LogP contribution in [0.2, 0.25) is 0 Å². The zero-order valence-corrected chi connectivity index (χ0v) is 10.9. The molecule has 0 aliphatic heterocycles. The molecule has 2 rings (SSSR count). The van der Waals surface area contributed by atoms with Gasteiger partial charge in [0.15, 0.2) is 18.9 Å². The average Bonchev–Trinajstić information content (AvgIpc) is 2.40. The van der Waals surface area contributed by atoms with Gasteiger partial charge in [-0.2, -0.15) is 0 Å². The van der Waals surface area contributed by atoms with Gasteiger partial charge >= 0.3 is 0 Å². The number of hydrogen-bond acceptors (Lipinski definition) is 2. The Labute approximate surface area is 108 Å². The lowest BCUT2D eigenvalue weighted by molar-refractivity contribution is -0.698. The molecule has 0 unspecified atom stereocenters. The topological polar surface area (TPSA) is 26.0 Å². The van der Waals surface area contributed by atoms with Crippen LogP contribution in [0.1, 0.15) is 13.8 Å². The zero-order chi connectivity index (χ0) is 12.8. The fourth-order valence-electron chi connectivity index (χ4n) is 1.74. The molecule has 2 heterocycles. The molecule has 0 aromatic carbocycles. The van der Waals surface area contributed by atoms with E-state index in [1.165, 1.54) is 11.1 Å². The number of ether oxygens (including phenoxy) is 1. The van der Waals surface area contributed by atoms with E-state index in [0.29, 0.717) is 6.10 Å². The van der Waals surface area contributed by atoms with Gasteiger partial charge in [-0.1, -0.05) is 0 Å². The molecule has 0 atom stereocenters. The van der Waals surface area contributed by atoms with Crippen LogP contribution >= 0.6 is 0 Å². The highest BCUT2D eigenvalue weighted by Gasteiger charge is 2.03. The van der Waals surface area contributed by atoms with Crippen molar-refractivity contribution in [1.82, 2.24) is 4.98 Å². The van der Waals surface area contributed by atoms with Gasteiger partial charge in [-0.05, 0) is 37.1 Å². The maximum atomic E-state index is 5.53. The van der Waals surface area contributed by atoms with Crippen LogP contribution in [0.15, 0.2) is 49.1 Å². The molecular formula is C15H19N2O+. The summed E-state index contributed by atoms with van der Waals surface area (Å²) in [6, 6.07) is 8.26. The van der Waals surface area contributed by atoms with Crippen LogP contribution in [0.3, 0.4) is 0 Å². The summed E-state index contributed by atoms with van der Waals surface area (Å²) in [5, 5.41) is 0. The van der Waals surface area contributed by atoms with Crippen molar-refractivity contribution in [3.63, 3.8) is 0 Å². The van der Waals surface area contributed by atoms with E-state index in [-0.39, 0.29) is 0 Å². The molecule has 0 amide bonds. The number of aromatic nitrogens is 2. The summed E-state index contributed by atoms with van der Waals surface area (Å²) in [5.41, 5.74) is 2.40. The molecule has 2 aromatic heterocycles. The van der Waals surface area contributed by atoms with Gasteiger partial charge in [-0.15, -0.1) is 0 Å². The molecule has 0 N–H and O–H groups in total. The van der Waals surface area contributed by atoms with Crippen LogP contribution in [-0.4, -0.2) is 17.7 Å². The minimum Gasteiger partial charge on any atom is -0.372 e. The van der Waals surface area contributed by atoms with Crippen molar-refractivity contribution in [2.45, 2.75) is 26.5 Å². The van der Waals surface area contributed by atoms with Crippen molar-refractivity contribution in [2.24, 2.45) is 0 Å². The number of hydrogen-bond donors (Lipinski definition) is 0. The summed E-state index contributed by atoms with van der Waals surface area (Å²) in [4.78, 5) is 4.02. The van der Waals surface area contributed by atoms with Crippen molar-refractivity contribution < 1.29 is 9.30 Å². The van der Waals surface area contributed by atoms with E-state index in [0.717, 1.165) is 13.2 Å². The smallest absolute Gasteiger partial charge is 0.171 e. The maximum absolute atomic E-state index is 5.53. The van der Waals surface area contributed by atoms with Crippen LogP contribution in [0, 0.1) is 0 Å². The molecule has 0 aliphatic carbocycles. The van der Waals surface area contributed by atoms with Crippen LogP contribution < -0.4 is 4.57 Å². The average molecular weight is 243 g/mol. The molecular weight excluding hydrogens is 224 g/mol. The van der Waals surface area contributed by atoms with Crippen LogP contribution in [-0.2, 0) is 11.3 Å². The molecule has 18 heavy (non-hydrogen) atoms. The highest BCUT2D eigenvalue weighted by atomic mass is 16.5. The first-order valence-corrected chi connectivity index (χ1v) is 6.27. The summed E-state index contributed by atoms with van der Waals surface area (Å²) < 4.78 is 7.66. The molecule has 0 saturated heterocycles. The standard InChI is InChI=1S/C15H19N2O/c1-13(2)18-12-11-17-9-5-15(6-10-17)14-3-7-16-8-4-14/h3-10,13H,11-12H2,1-2H3/q+1. The lowest BCUT2D eigenvalue weighted by Gasteiger charge is -2.05. The van der Waals surface area contributed by atoms with Gasteiger partial charge in [0.2, 0.25) is 0 Å². The van der Waals surface area contributed by atoms with Crippen molar-refractivity contribution in [3.05, 3.63) is 49.1 Å². The van der Waals surface area contributed by atoms with E-state index in [2.05, 4.69) is 47.9 Å². The number of nitrogens with zero attached hydrogens (tertiary/aromatic N) is 2. The van der Waals surface area contributed by atoms with Gasteiger partial charge in [0, 0.05) is 24.5 Å². The summed E-state index contributed by atoms with van der Waals surface area (Å²) >= 11 is 0. The molecule has 0 saturated carbocycles. The van der Waals surface area contributed by atoms with E-state index in [4.69, 9.17) is 4.74 Å². The van der Waals surface area contributed by atoms with Gasteiger partial charge in [0.1, 0.15) is 6.61 Å². The number of rotatable bonds is 5. The van der Waals surface area contributed by atoms with E-state index < -0.39 is 0 Å². The molecule has 0 radical (unpaired) electrons. The van der Waals surface area contributed by atoms with Crippen LogP contribution in [0.25, 0.3) is 11.1 Å². The van der Waals surface area contributed by atoms with Gasteiger partial charge < -0.3 is 4.74 Å². The Morgan fingerprint density at radius 3 is 2.28 bits per heavy atom. The second kappa shape index (κ2) is 6.26. The second-order valence-corrected chi connectivity index (χ2v) is 4.48. The van der Waals surface area contributed by atoms with Crippen molar-refractivity contribution in [1.29, 1.82) is 0 Å². The first-order chi connectivity index (χ1) is 8.75. The van der Waals surface area contributed by atoms with Gasteiger partial charge in [0.05, 0.1) is 6.10 Å². The molecule has 0 fully saturated rings. The molecule has 3 heteroatoms. The molecule has 94 valence electrons. The highest BCUT2D eigenvalue weighted by Crippen LogP contribution is 2.15. The van der Waals surface area contributed by atoms with Crippen LogP contribution in [0.4, 0.5) is 0 Å². The second-order valence-electron chi connectivity index (χ2n) is 4.48. The highest BCUT2D eigenvalue weighted by molar-refractivity contribution is 5.61. The Balaban J connectivity index is 1.98. The third-order valence-corrected chi connectivity index (χ3v) is 2.71. The minimum absolute atomic E-state index is 0.293. The molecule has 0 bridgehead atoms. The quantitative estimate of drug-likeness (QED) is 0.754. The SMILES string of the molecule is CC(C)OCC[n+]1ccc(-c2ccncc2)cc1. The predicted octanol–water partition coefficient (Wildman–Crippen LogP) is 2.46. The fourth-order valence-corrected chi connectivity index (χ4v) is 1.74. The third kappa shape index (κ3) is 3.64. The van der Waals surface area contributed by atoms with Gasteiger partial charge in [0.25, 0.3) is 0 Å². The van der Waals surface area contributed by atoms with Crippen molar-refractivity contribution in [2.75, 3.05) is 6.61 Å². The predicted molar refractivity (Wildman–Crippen MR) is 71.0 cm³/mol. The van der Waals surface area contributed by atoms with Crippen molar-refractivity contribution in [3.8, 4) is 11.1 Å². The Morgan fingerprint density at radius 2 is 1.67 bits per heavy atom. The molecule has 3 nitrogen and oxygen atoms in total. The Kier molecular flexibility index (Phi) is 4.42. The molecule has 2 aromatic rings. The summed E-state index contributed by atoms with van der Waals surface area (Å²) in [6.45, 7) is 5.74. The fraction of sp³-hybridized carbons (Fsp3) is 0.333. The number of pyridine rings is 2. The molecule has 0 spiro atoms. The van der Waals surface area contributed by atoms with Gasteiger partial charge in [-0.25, -0.2) is 4.57 Å². The minimum atomic E-state index is 0.293. The van der Waals surface area contributed by atoms with E-state index in [1.807, 2.05) is 24.5 Å². The Morgan fingerprint density at radius 1 is 1.06 bits per heavy atom. The molecule has 0 aliphatic rings. The normalized spacial score (nSPS) is 10.8. The zero-order valence-electron chi connectivity index (χ0n) is 10.9. The first kappa shape index (κ1) is 12.7. The van der Waals surface area contributed by atoms with Crippen molar-refractivity contribution >= 4 is 0 Å². The Bertz CT molecular complexity index is 466.